The molecule has 0 spiro atoms. The molecule has 1 amide bonds. The summed E-state index contributed by atoms with van der Waals surface area (Å²) in [7, 11) is 0. The van der Waals surface area contributed by atoms with Gasteiger partial charge in [0.2, 0.25) is 5.91 Å². The van der Waals surface area contributed by atoms with Crippen molar-refractivity contribution in [2.75, 3.05) is 39.5 Å². The average molecular weight is 272 g/mol. The third-order valence-corrected chi connectivity index (χ3v) is 3.46. The molecular formula is C12H20N2O5. The lowest BCUT2D eigenvalue weighted by atomic mass is 10.1. The van der Waals surface area contributed by atoms with Crippen LogP contribution in [0.5, 0.6) is 0 Å². The first-order valence-corrected chi connectivity index (χ1v) is 6.61. The lowest BCUT2D eigenvalue weighted by molar-refractivity contribution is -0.161. The molecule has 1 unspecified atom stereocenters. The molecule has 2 aliphatic heterocycles. The van der Waals surface area contributed by atoms with Crippen molar-refractivity contribution < 1.29 is 24.2 Å². The fourth-order valence-corrected chi connectivity index (χ4v) is 2.34. The highest BCUT2D eigenvalue weighted by molar-refractivity contribution is 5.84. The maximum Gasteiger partial charge on any atom is 0.328 e. The van der Waals surface area contributed by atoms with E-state index in [2.05, 4.69) is 5.32 Å². The molecule has 0 aromatic heterocycles. The van der Waals surface area contributed by atoms with Gasteiger partial charge >= 0.3 is 5.97 Å². The van der Waals surface area contributed by atoms with Crippen LogP contribution in [0.4, 0.5) is 0 Å². The normalized spacial score (nSPS) is 25.3. The molecule has 108 valence electrons. The topological polar surface area (TPSA) is 88.1 Å². The molecule has 2 fully saturated rings. The van der Waals surface area contributed by atoms with Crippen molar-refractivity contribution in [1.29, 1.82) is 0 Å². The van der Waals surface area contributed by atoms with E-state index in [0.29, 0.717) is 13.2 Å². The maximum atomic E-state index is 12.0. The highest BCUT2D eigenvalue weighted by Gasteiger charge is 2.32. The van der Waals surface area contributed by atoms with Gasteiger partial charge in [-0.25, -0.2) is 4.79 Å². The Kier molecular flexibility index (Phi) is 5.12. The number of piperidine rings is 1. The molecule has 0 aromatic carbocycles. The second-order valence-corrected chi connectivity index (χ2v) is 4.78. The molecule has 0 radical (unpaired) electrons. The van der Waals surface area contributed by atoms with Crippen LogP contribution in [0.15, 0.2) is 0 Å². The van der Waals surface area contributed by atoms with Crippen molar-refractivity contribution in [3.8, 4) is 0 Å². The molecule has 0 bridgehead atoms. The summed E-state index contributed by atoms with van der Waals surface area (Å²) >= 11 is 0. The summed E-state index contributed by atoms with van der Waals surface area (Å²) in [6, 6.07) is -0.891. The van der Waals surface area contributed by atoms with Gasteiger partial charge in [0.25, 0.3) is 0 Å². The zero-order valence-corrected chi connectivity index (χ0v) is 10.8. The molecule has 0 aromatic rings. The highest BCUT2D eigenvalue weighted by Crippen LogP contribution is 2.11. The third kappa shape index (κ3) is 3.89. The maximum absolute atomic E-state index is 12.0. The van der Waals surface area contributed by atoms with Gasteiger partial charge in [0.1, 0.15) is 6.61 Å². The van der Waals surface area contributed by atoms with Gasteiger partial charge in [0.15, 0.2) is 6.04 Å². The Morgan fingerprint density at radius 3 is 2.79 bits per heavy atom. The first kappa shape index (κ1) is 14.2. The minimum Gasteiger partial charge on any atom is -0.480 e. The number of nitrogens with one attached hydrogen (secondary N) is 1. The number of rotatable bonds is 4. The van der Waals surface area contributed by atoms with Crippen LogP contribution in [0.2, 0.25) is 0 Å². The van der Waals surface area contributed by atoms with Crippen molar-refractivity contribution in [1.82, 2.24) is 10.2 Å². The van der Waals surface area contributed by atoms with E-state index in [0.717, 1.165) is 25.9 Å². The van der Waals surface area contributed by atoms with Crippen LogP contribution in [0.25, 0.3) is 0 Å². The molecule has 2 rings (SSSR count). The van der Waals surface area contributed by atoms with Crippen LogP contribution in [0, 0.1) is 0 Å². The van der Waals surface area contributed by atoms with Gasteiger partial charge in [0.05, 0.1) is 19.3 Å². The quantitative estimate of drug-likeness (QED) is 0.687. The van der Waals surface area contributed by atoms with Crippen LogP contribution < -0.4 is 5.32 Å². The van der Waals surface area contributed by atoms with Crippen molar-refractivity contribution in [2.45, 2.75) is 25.0 Å². The van der Waals surface area contributed by atoms with Gasteiger partial charge in [-0.2, -0.15) is 0 Å². The second kappa shape index (κ2) is 6.83. The van der Waals surface area contributed by atoms with Gasteiger partial charge in [0, 0.05) is 6.54 Å². The molecule has 0 saturated carbocycles. The van der Waals surface area contributed by atoms with Crippen molar-refractivity contribution in [3.63, 3.8) is 0 Å². The summed E-state index contributed by atoms with van der Waals surface area (Å²) in [6.45, 7) is 2.49. The predicted molar refractivity (Wildman–Crippen MR) is 65.8 cm³/mol. The lowest BCUT2D eigenvalue weighted by Gasteiger charge is -2.33. The van der Waals surface area contributed by atoms with E-state index < -0.39 is 12.0 Å². The summed E-state index contributed by atoms with van der Waals surface area (Å²) in [4.78, 5) is 24.4. The number of hydrogen-bond donors (Lipinski definition) is 2. The van der Waals surface area contributed by atoms with E-state index >= 15 is 0 Å². The Hall–Kier alpha value is -1.18. The van der Waals surface area contributed by atoms with Crippen LogP contribution in [0.3, 0.4) is 0 Å². The van der Waals surface area contributed by atoms with Crippen LogP contribution in [-0.2, 0) is 19.1 Å². The molecule has 1 atom stereocenters. The van der Waals surface area contributed by atoms with Crippen molar-refractivity contribution >= 4 is 11.9 Å². The average Bonchev–Trinajstić information content (AvgIpc) is 2.46. The number of hydrogen-bond acceptors (Lipinski definition) is 5. The van der Waals surface area contributed by atoms with Crippen LogP contribution in [-0.4, -0.2) is 73.5 Å². The number of carbonyl (C=O) groups excluding carboxylic acids is 1. The monoisotopic (exact) mass is 272 g/mol. The number of morpholine rings is 1. The molecule has 2 N–H and O–H groups in total. The van der Waals surface area contributed by atoms with Crippen LogP contribution in [0.1, 0.15) is 12.8 Å². The fraction of sp³-hybridized carbons (Fsp3) is 0.833. The van der Waals surface area contributed by atoms with E-state index in [1.807, 2.05) is 0 Å². The number of nitrogens with zero attached hydrogens (tertiary/aromatic N) is 1. The standard InChI is InChI=1S/C12H20N2O5/c15-11(8-19-9-1-3-13-4-2-9)14-5-6-18-7-10(14)12(16)17/h9-10,13H,1-8H2,(H,16,17). The van der Waals surface area contributed by atoms with Crippen LogP contribution >= 0.6 is 0 Å². The predicted octanol–water partition coefficient (Wildman–Crippen LogP) is -0.933. The minimum absolute atomic E-state index is 0.0472. The Morgan fingerprint density at radius 2 is 2.11 bits per heavy atom. The van der Waals surface area contributed by atoms with Gasteiger partial charge in [-0.3, -0.25) is 4.79 Å². The third-order valence-electron chi connectivity index (χ3n) is 3.46. The Balaban J connectivity index is 1.81. The summed E-state index contributed by atoms with van der Waals surface area (Å²) in [6.07, 6.45) is 1.87. The molecular weight excluding hydrogens is 252 g/mol. The number of carboxylic acids is 1. The van der Waals surface area contributed by atoms with Crippen molar-refractivity contribution in [2.24, 2.45) is 0 Å². The number of ether oxygens (including phenoxy) is 2. The van der Waals surface area contributed by atoms with E-state index in [4.69, 9.17) is 14.6 Å². The molecule has 2 aliphatic rings. The van der Waals surface area contributed by atoms with E-state index in [9.17, 15) is 9.59 Å². The van der Waals surface area contributed by atoms with E-state index in [1.54, 1.807) is 0 Å². The second-order valence-electron chi connectivity index (χ2n) is 4.78. The minimum atomic E-state index is -1.03. The molecule has 2 heterocycles. The largest absolute Gasteiger partial charge is 0.480 e. The van der Waals surface area contributed by atoms with Gasteiger partial charge < -0.3 is 24.8 Å². The van der Waals surface area contributed by atoms with E-state index in [-0.39, 0.29) is 25.2 Å². The molecule has 7 heteroatoms. The SMILES string of the molecule is O=C(O)C1COCCN1C(=O)COC1CCNCC1. The van der Waals surface area contributed by atoms with Gasteiger partial charge in [-0.05, 0) is 25.9 Å². The van der Waals surface area contributed by atoms with Crippen molar-refractivity contribution in [3.05, 3.63) is 0 Å². The Morgan fingerprint density at radius 1 is 1.37 bits per heavy atom. The fourth-order valence-electron chi connectivity index (χ4n) is 2.34. The van der Waals surface area contributed by atoms with Gasteiger partial charge in [-0.15, -0.1) is 0 Å². The molecule has 2 saturated heterocycles. The zero-order chi connectivity index (χ0) is 13.7. The highest BCUT2D eigenvalue weighted by atomic mass is 16.5. The number of carbonyl (C=O) groups is 2. The number of carboxylic acid groups (broad SMARTS) is 1. The molecule has 19 heavy (non-hydrogen) atoms. The first-order chi connectivity index (χ1) is 9.18. The van der Waals surface area contributed by atoms with Gasteiger partial charge in [-0.1, -0.05) is 0 Å². The Bertz CT molecular complexity index is 330. The molecule has 0 aliphatic carbocycles. The van der Waals surface area contributed by atoms with E-state index in [1.165, 1.54) is 4.90 Å². The lowest BCUT2D eigenvalue weighted by Crippen LogP contribution is -2.53. The number of amides is 1. The summed E-state index contributed by atoms with van der Waals surface area (Å²) < 4.78 is 10.7. The smallest absolute Gasteiger partial charge is 0.328 e. The zero-order valence-electron chi connectivity index (χ0n) is 10.8. The number of aliphatic carboxylic acids is 1. The summed E-state index contributed by atoms with van der Waals surface area (Å²) in [5, 5.41) is 12.3. The first-order valence-electron chi connectivity index (χ1n) is 6.61. The molecule has 7 nitrogen and oxygen atoms in total. The summed E-state index contributed by atoms with van der Waals surface area (Å²) in [5.74, 6) is -1.30. The Labute approximate surface area is 111 Å². The summed E-state index contributed by atoms with van der Waals surface area (Å²) in [5.41, 5.74) is 0.